The Morgan fingerprint density at radius 1 is 1.00 bits per heavy atom. The average molecular weight is 331 g/mol. The Balaban J connectivity index is 2.51. The molecule has 0 radical (unpaired) electrons. The molecule has 0 spiro atoms. The van der Waals surface area contributed by atoms with Gasteiger partial charge in [0, 0.05) is 4.47 Å². The van der Waals surface area contributed by atoms with Gasteiger partial charge in [-0.25, -0.2) is 0 Å². The maximum Gasteiger partial charge on any atom is 0.416 e. The molecule has 2 rings (SSSR count). The highest BCUT2D eigenvalue weighted by atomic mass is 79.9. The zero-order valence-corrected chi connectivity index (χ0v) is 11.2. The van der Waals surface area contributed by atoms with Crippen molar-refractivity contribution in [2.75, 3.05) is 0 Å². The van der Waals surface area contributed by atoms with Gasteiger partial charge in [-0.15, -0.1) is 0 Å². The highest BCUT2D eigenvalue weighted by Gasteiger charge is 2.35. The molecule has 0 fully saturated rings. The fourth-order valence-corrected chi connectivity index (χ4v) is 2.19. The van der Waals surface area contributed by atoms with Crippen molar-refractivity contribution in [3.05, 3.63) is 69.7 Å². The zero-order chi connectivity index (χ0) is 14.0. The monoisotopic (exact) mass is 330 g/mol. The van der Waals surface area contributed by atoms with Crippen molar-refractivity contribution >= 4 is 15.9 Å². The molecule has 0 saturated heterocycles. The number of benzene rings is 2. The van der Waals surface area contributed by atoms with E-state index in [4.69, 9.17) is 0 Å². The summed E-state index contributed by atoms with van der Waals surface area (Å²) < 4.78 is 39.2. The zero-order valence-electron chi connectivity index (χ0n) is 9.66. The number of hydrogen-bond donors (Lipinski definition) is 1. The molecule has 0 amide bonds. The van der Waals surface area contributed by atoms with E-state index in [1.165, 1.54) is 12.1 Å². The van der Waals surface area contributed by atoms with Crippen molar-refractivity contribution in [3.8, 4) is 0 Å². The van der Waals surface area contributed by atoms with Crippen LogP contribution in [0.15, 0.2) is 53.0 Å². The maximum atomic E-state index is 13.0. The summed E-state index contributed by atoms with van der Waals surface area (Å²) in [6, 6.07) is 12.0. The van der Waals surface area contributed by atoms with Gasteiger partial charge < -0.3 is 5.11 Å². The Morgan fingerprint density at radius 2 is 1.63 bits per heavy atom. The number of hydrogen-bond acceptors (Lipinski definition) is 1. The normalized spacial score (nSPS) is 13.3. The molecule has 0 aliphatic rings. The van der Waals surface area contributed by atoms with E-state index in [0.717, 1.165) is 6.07 Å². The van der Waals surface area contributed by atoms with Crippen LogP contribution >= 0.6 is 15.9 Å². The number of alkyl halides is 3. The van der Waals surface area contributed by atoms with E-state index in [1.807, 2.05) is 0 Å². The van der Waals surface area contributed by atoms with Crippen LogP contribution in [0, 0.1) is 0 Å². The molecule has 1 N–H and O–H groups in total. The van der Waals surface area contributed by atoms with Gasteiger partial charge in [0.05, 0.1) is 5.56 Å². The van der Waals surface area contributed by atoms with Gasteiger partial charge in [0.1, 0.15) is 6.10 Å². The first-order valence-corrected chi connectivity index (χ1v) is 6.28. The highest BCUT2D eigenvalue weighted by Crippen LogP contribution is 2.37. The molecule has 1 nitrogen and oxygen atoms in total. The fourth-order valence-electron chi connectivity index (χ4n) is 1.83. The van der Waals surface area contributed by atoms with Crippen LogP contribution in [0.2, 0.25) is 0 Å². The van der Waals surface area contributed by atoms with Crippen LogP contribution in [0.25, 0.3) is 0 Å². The smallest absolute Gasteiger partial charge is 0.384 e. The third-order valence-electron chi connectivity index (χ3n) is 2.73. The molecule has 0 saturated carbocycles. The van der Waals surface area contributed by atoms with Crippen molar-refractivity contribution in [2.45, 2.75) is 12.3 Å². The van der Waals surface area contributed by atoms with Crippen molar-refractivity contribution < 1.29 is 18.3 Å². The van der Waals surface area contributed by atoms with Crippen molar-refractivity contribution in [1.29, 1.82) is 0 Å². The van der Waals surface area contributed by atoms with Crippen LogP contribution in [0.1, 0.15) is 22.8 Å². The largest absolute Gasteiger partial charge is 0.416 e. The summed E-state index contributed by atoms with van der Waals surface area (Å²) in [5, 5.41) is 10.1. The van der Waals surface area contributed by atoms with E-state index in [2.05, 4.69) is 15.9 Å². The second-order valence-electron chi connectivity index (χ2n) is 4.04. The summed E-state index contributed by atoms with van der Waals surface area (Å²) in [7, 11) is 0. The first kappa shape index (κ1) is 14.1. The molecule has 0 aromatic heterocycles. The lowest BCUT2D eigenvalue weighted by Gasteiger charge is -2.18. The van der Waals surface area contributed by atoms with Crippen LogP contribution in [0.4, 0.5) is 13.2 Å². The molecule has 0 aliphatic heterocycles. The molecule has 0 aliphatic carbocycles. The minimum absolute atomic E-state index is 0.151. The summed E-state index contributed by atoms with van der Waals surface area (Å²) in [5.74, 6) is 0. The van der Waals surface area contributed by atoms with Crippen LogP contribution in [-0.4, -0.2) is 5.11 Å². The molecule has 100 valence electrons. The van der Waals surface area contributed by atoms with Crippen LogP contribution in [0.3, 0.4) is 0 Å². The van der Waals surface area contributed by atoms with Crippen molar-refractivity contribution in [3.63, 3.8) is 0 Å². The summed E-state index contributed by atoms with van der Waals surface area (Å²) >= 11 is 3.01. The standard InChI is InChI=1S/C14H10BrF3O/c15-10-6-7-11(12(8-10)14(16,17)18)13(19)9-4-2-1-3-5-9/h1-8,13,19H. The molecule has 1 atom stereocenters. The van der Waals surface area contributed by atoms with Crippen LogP contribution in [0.5, 0.6) is 0 Å². The summed E-state index contributed by atoms with van der Waals surface area (Å²) in [5.41, 5.74) is -0.560. The van der Waals surface area contributed by atoms with Crippen LogP contribution in [-0.2, 0) is 6.18 Å². The van der Waals surface area contributed by atoms with Gasteiger partial charge in [-0.3, -0.25) is 0 Å². The van der Waals surface area contributed by atoms with E-state index in [-0.39, 0.29) is 5.56 Å². The van der Waals surface area contributed by atoms with Gasteiger partial charge in [-0.2, -0.15) is 13.2 Å². The molecule has 2 aromatic carbocycles. The van der Waals surface area contributed by atoms with E-state index in [0.29, 0.717) is 10.0 Å². The van der Waals surface area contributed by atoms with Gasteiger partial charge in [-0.1, -0.05) is 52.3 Å². The molecule has 19 heavy (non-hydrogen) atoms. The summed E-state index contributed by atoms with van der Waals surface area (Å²) in [6.45, 7) is 0. The van der Waals surface area contributed by atoms with Gasteiger partial charge >= 0.3 is 6.18 Å². The van der Waals surface area contributed by atoms with Crippen molar-refractivity contribution in [1.82, 2.24) is 0 Å². The third-order valence-corrected chi connectivity index (χ3v) is 3.22. The Kier molecular flexibility index (Phi) is 3.96. The minimum Gasteiger partial charge on any atom is -0.384 e. The SMILES string of the molecule is OC(c1ccccc1)c1ccc(Br)cc1C(F)(F)F. The molecule has 1 unspecified atom stereocenters. The van der Waals surface area contributed by atoms with E-state index in [1.54, 1.807) is 30.3 Å². The Hall–Kier alpha value is -1.33. The number of aliphatic hydroxyl groups is 1. The molecule has 2 aromatic rings. The van der Waals surface area contributed by atoms with E-state index in [9.17, 15) is 18.3 Å². The predicted octanol–water partition coefficient (Wildman–Crippen LogP) is 4.55. The maximum absolute atomic E-state index is 13.0. The van der Waals surface area contributed by atoms with Gasteiger partial charge in [-0.05, 0) is 23.3 Å². The topological polar surface area (TPSA) is 20.2 Å². The van der Waals surface area contributed by atoms with Crippen LogP contribution < -0.4 is 0 Å². The minimum atomic E-state index is -4.51. The fraction of sp³-hybridized carbons (Fsp3) is 0.143. The lowest BCUT2D eigenvalue weighted by molar-refractivity contribution is -0.139. The average Bonchev–Trinajstić information content (AvgIpc) is 2.38. The summed E-state index contributed by atoms with van der Waals surface area (Å²) in [6.07, 6.45) is -5.81. The quantitative estimate of drug-likeness (QED) is 0.856. The molecule has 0 heterocycles. The van der Waals surface area contributed by atoms with Gasteiger partial charge in [0.2, 0.25) is 0 Å². The van der Waals surface area contributed by atoms with E-state index < -0.39 is 17.8 Å². The number of rotatable bonds is 2. The predicted molar refractivity (Wildman–Crippen MR) is 69.6 cm³/mol. The second-order valence-corrected chi connectivity index (χ2v) is 4.96. The highest BCUT2D eigenvalue weighted by molar-refractivity contribution is 9.10. The Labute approximate surface area is 116 Å². The lowest BCUT2D eigenvalue weighted by Crippen LogP contribution is -2.12. The van der Waals surface area contributed by atoms with E-state index >= 15 is 0 Å². The first-order valence-electron chi connectivity index (χ1n) is 5.49. The first-order chi connectivity index (χ1) is 8.89. The third kappa shape index (κ3) is 3.16. The van der Waals surface area contributed by atoms with Crippen molar-refractivity contribution in [2.24, 2.45) is 0 Å². The van der Waals surface area contributed by atoms with Gasteiger partial charge in [0.25, 0.3) is 0 Å². The summed E-state index contributed by atoms with van der Waals surface area (Å²) in [4.78, 5) is 0. The molecular weight excluding hydrogens is 321 g/mol. The lowest BCUT2D eigenvalue weighted by atomic mass is 9.96. The molecule has 0 bridgehead atoms. The number of halogens is 4. The second kappa shape index (κ2) is 5.35. The Bertz CT molecular complexity index is 567. The number of aliphatic hydroxyl groups excluding tert-OH is 1. The van der Waals surface area contributed by atoms with Gasteiger partial charge in [0.15, 0.2) is 0 Å². The Morgan fingerprint density at radius 3 is 2.21 bits per heavy atom. The molecule has 5 heteroatoms. The molecular formula is C14H10BrF3O.